The highest BCUT2D eigenvalue weighted by molar-refractivity contribution is 5.82. The van der Waals surface area contributed by atoms with Crippen molar-refractivity contribution in [2.24, 2.45) is 11.7 Å². The summed E-state index contributed by atoms with van der Waals surface area (Å²) >= 11 is 0. The lowest BCUT2D eigenvalue weighted by atomic mass is 9.96. The number of likely N-dealkylation sites (tertiary alicyclic amines) is 1. The molecule has 2 amide bonds. The van der Waals surface area contributed by atoms with Gasteiger partial charge in [-0.2, -0.15) is 0 Å². The van der Waals surface area contributed by atoms with E-state index in [0.29, 0.717) is 26.1 Å². The summed E-state index contributed by atoms with van der Waals surface area (Å²) in [7, 11) is 0. The van der Waals surface area contributed by atoms with Gasteiger partial charge in [-0.3, -0.25) is 9.59 Å². The van der Waals surface area contributed by atoms with E-state index in [9.17, 15) is 9.59 Å². The third-order valence-electron chi connectivity index (χ3n) is 4.43. The number of hydrogen-bond donors (Lipinski definition) is 2. The molecule has 1 heterocycles. The highest BCUT2D eigenvalue weighted by Crippen LogP contribution is 2.19. The molecule has 0 spiro atoms. The summed E-state index contributed by atoms with van der Waals surface area (Å²) < 4.78 is 0. The van der Waals surface area contributed by atoms with Gasteiger partial charge in [0.2, 0.25) is 11.8 Å². The Labute approximate surface area is 138 Å². The summed E-state index contributed by atoms with van der Waals surface area (Å²) in [5, 5.41) is 2.83. The van der Waals surface area contributed by atoms with E-state index in [-0.39, 0.29) is 17.7 Å². The van der Waals surface area contributed by atoms with Gasteiger partial charge >= 0.3 is 0 Å². The summed E-state index contributed by atoms with van der Waals surface area (Å²) in [6, 6.07) is 6.18. The van der Waals surface area contributed by atoms with Crippen molar-refractivity contribution in [3.05, 3.63) is 34.9 Å². The predicted molar refractivity (Wildman–Crippen MR) is 91.0 cm³/mol. The van der Waals surface area contributed by atoms with Crippen molar-refractivity contribution in [2.75, 3.05) is 26.2 Å². The molecule has 126 valence electrons. The van der Waals surface area contributed by atoms with Crippen LogP contribution in [0.5, 0.6) is 0 Å². The van der Waals surface area contributed by atoms with E-state index in [2.05, 4.69) is 23.5 Å². The van der Waals surface area contributed by atoms with Gasteiger partial charge in [0.25, 0.3) is 0 Å². The number of nitrogens with one attached hydrogen (secondary N) is 1. The van der Waals surface area contributed by atoms with E-state index < -0.39 is 0 Å². The zero-order chi connectivity index (χ0) is 16.8. The molecule has 23 heavy (non-hydrogen) atoms. The van der Waals surface area contributed by atoms with Crippen molar-refractivity contribution < 1.29 is 9.59 Å². The number of hydrogen-bond acceptors (Lipinski definition) is 3. The average molecular weight is 317 g/mol. The molecular formula is C18H27N3O2. The van der Waals surface area contributed by atoms with Crippen LogP contribution in [0.2, 0.25) is 0 Å². The molecule has 1 aliphatic rings. The fraction of sp³-hybridized carbons (Fsp3) is 0.556. The Hall–Kier alpha value is -1.88. The summed E-state index contributed by atoms with van der Waals surface area (Å²) in [4.78, 5) is 26.5. The first-order valence-electron chi connectivity index (χ1n) is 8.33. The number of aryl methyl sites for hydroxylation is 2. The predicted octanol–water partition coefficient (Wildman–Crippen LogP) is 1.16. The summed E-state index contributed by atoms with van der Waals surface area (Å²) in [5.41, 5.74) is 8.79. The molecule has 1 saturated heterocycles. The van der Waals surface area contributed by atoms with E-state index >= 15 is 0 Å². The molecule has 0 aliphatic carbocycles. The molecule has 0 aromatic heterocycles. The number of benzene rings is 1. The molecule has 1 unspecified atom stereocenters. The molecule has 5 nitrogen and oxygen atoms in total. The molecule has 0 radical (unpaired) electrons. The van der Waals surface area contributed by atoms with Crippen molar-refractivity contribution in [3.8, 4) is 0 Å². The van der Waals surface area contributed by atoms with Crippen LogP contribution in [0.25, 0.3) is 0 Å². The van der Waals surface area contributed by atoms with E-state index in [1.807, 2.05) is 18.7 Å². The van der Waals surface area contributed by atoms with Crippen molar-refractivity contribution in [1.29, 1.82) is 0 Å². The SMILES string of the molecule is Cc1ccc(C)c(CC(=O)N2CCCC(C(=O)NCCN)C2)c1. The van der Waals surface area contributed by atoms with Crippen molar-refractivity contribution in [1.82, 2.24) is 10.2 Å². The van der Waals surface area contributed by atoms with E-state index in [4.69, 9.17) is 5.73 Å². The third kappa shape index (κ3) is 4.79. The Morgan fingerprint density at radius 2 is 2.13 bits per heavy atom. The highest BCUT2D eigenvalue weighted by Gasteiger charge is 2.28. The van der Waals surface area contributed by atoms with Crippen LogP contribution < -0.4 is 11.1 Å². The number of amides is 2. The van der Waals surface area contributed by atoms with E-state index in [0.717, 1.165) is 36.1 Å². The van der Waals surface area contributed by atoms with Crippen LogP contribution in [0, 0.1) is 19.8 Å². The summed E-state index contributed by atoms with van der Waals surface area (Å²) in [6.07, 6.45) is 2.12. The quantitative estimate of drug-likeness (QED) is 0.856. The van der Waals surface area contributed by atoms with Crippen molar-refractivity contribution >= 4 is 11.8 Å². The average Bonchev–Trinajstić information content (AvgIpc) is 2.56. The Bertz CT molecular complexity index is 571. The van der Waals surface area contributed by atoms with Crippen LogP contribution in [0.4, 0.5) is 0 Å². The lowest BCUT2D eigenvalue weighted by Crippen LogP contribution is -2.46. The molecular weight excluding hydrogens is 290 g/mol. The maximum atomic E-state index is 12.6. The standard InChI is InChI=1S/C18H27N3O2/c1-13-5-6-14(2)16(10-13)11-17(22)21-9-3-4-15(12-21)18(23)20-8-7-19/h5-6,10,15H,3-4,7-9,11-12,19H2,1-2H3,(H,20,23). The molecule has 1 aliphatic heterocycles. The minimum absolute atomic E-state index is 0.0136. The molecule has 5 heteroatoms. The molecule has 3 N–H and O–H groups in total. The first-order chi connectivity index (χ1) is 11.0. The fourth-order valence-electron chi connectivity index (χ4n) is 3.02. The van der Waals surface area contributed by atoms with Crippen molar-refractivity contribution in [2.45, 2.75) is 33.1 Å². The second-order valence-electron chi connectivity index (χ2n) is 6.37. The Balaban J connectivity index is 1.96. The number of carbonyl (C=O) groups is 2. The molecule has 1 aromatic carbocycles. The Morgan fingerprint density at radius 3 is 2.87 bits per heavy atom. The van der Waals surface area contributed by atoms with Gasteiger partial charge in [0.1, 0.15) is 0 Å². The first-order valence-corrected chi connectivity index (χ1v) is 8.33. The molecule has 0 saturated carbocycles. The first kappa shape index (κ1) is 17.5. The van der Waals surface area contributed by atoms with Gasteiger partial charge in [-0.1, -0.05) is 23.8 Å². The lowest BCUT2D eigenvalue weighted by Gasteiger charge is -2.32. The highest BCUT2D eigenvalue weighted by atomic mass is 16.2. The monoisotopic (exact) mass is 317 g/mol. The van der Waals surface area contributed by atoms with Gasteiger partial charge in [0.15, 0.2) is 0 Å². The van der Waals surface area contributed by atoms with Crippen molar-refractivity contribution in [3.63, 3.8) is 0 Å². The molecule has 1 aromatic rings. The number of nitrogens with zero attached hydrogens (tertiary/aromatic N) is 1. The number of rotatable bonds is 5. The molecule has 2 rings (SSSR count). The number of carbonyl (C=O) groups excluding carboxylic acids is 2. The lowest BCUT2D eigenvalue weighted by molar-refractivity contribution is -0.135. The van der Waals surface area contributed by atoms with Crippen LogP contribution in [0.3, 0.4) is 0 Å². The maximum absolute atomic E-state index is 12.6. The second kappa shape index (κ2) is 8.11. The summed E-state index contributed by atoms with van der Waals surface area (Å²) in [5.74, 6) is 0.00701. The Morgan fingerprint density at radius 1 is 1.35 bits per heavy atom. The normalized spacial score (nSPS) is 17.9. The molecule has 1 atom stereocenters. The number of nitrogens with two attached hydrogens (primary N) is 1. The maximum Gasteiger partial charge on any atom is 0.227 e. The van der Waals surface area contributed by atoms with Crippen LogP contribution in [0.1, 0.15) is 29.5 Å². The van der Waals surface area contributed by atoms with Gasteiger partial charge in [-0.25, -0.2) is 0 Å². The van der Waals surface area contributed by atoms with Gasteiger partial charge in [-0.05, 0) is 37.8 Å². The van der Waals surface area contributed by atoms with Crippen LogP contribution in [-0.2, 0) is 16.0 Å². The van der Waals surface area contributed by atoms with Gasteiger partial charge in [0, 0.05) is 26.2 Å². The number of piperidine rings is 1. The molecule has 0 bridgehead atoms. The van der Waals surface area contributed by atoms with Gasteiger partial charge in [-0.15, -0.1) is 0 Å². The minimum atomic E-state index is -0.113. The largest absolute Gasteiger partial charge is 0.355 e. The topological polar surface area (TPSA) is 75.4 Å². The van der Waals surface area contributed by atoms with Crippen LogP contribution in [0.15, 0.2) is 18.2 Å². The zero-order valence-electron chi connectivity index (χ0n) is 14.1. The third-order valence-corrected chi connectivity index (χ3v) is 4.43. The van der Waals surface area contributed by atoms with Crippen LogP contribution >= 0.6 is 0 Å². The van der Waals surface area contributed by atoms with E-state index in [1.165, 1.54) is 0 Å². The minimum Gasteiger partial charge on any atom is -0.355 e. The second-order valence-corrected chi connectivity index (χ2v) is 6.37. The Kier molecular flexibility index (Phi) is 6.16. The zero-order valence-corrected chi connectivity index (χ0v) is 14.1. The van der Waals surface area contributed by atoms with Gasteiger partial charge in [0.05, 0.1) is 12.3 Å². The van der Waals surface area contributed by atoms with E-state index in [1.54, 1.807) is 0 Å². The fourth-order valence-corrected chi connectivity index (χ4v) is 3.02. The smallest absolute Gasteiger partial charge is 0.227 e. The van der Waals surface area contributed by atoms with Crippen LogP contribution in [-0.4, -0.2) is 42.9 Å². The summed E-state index contributed by atoms with van der Waals surface area (Å²) in [6.45, 7) is 6.25. The van der Waals surface area contributed by atoms with Gasteiger partial charge < -0.3 is 16.0 Å². The molecule has 1 fully saturated rings.